The number of carbonyl (C=O) groups is 2. The van der Waals surface area contributed by atoms with Crippen molar-refractivity contribution in [2.45, 2.75) is 12.0 Å². The van der Waals surface area contributed by atoms with Gasteiger partial charge in [-0.1, -0.05) is 11.6 Å². The Kier molecular flexibility index (Phi) is 5.59. The molecule has 1 aromatic carbocycles. The Balaban J connectivity index is 1.65. The van der Waals surface area contributed by atoms with Crippen molar-refractivity contribution in [2.24, 2.45) is 0 Å². The molecule has 3 rings (SSSR count). The third kappa shape index (κ3) is 4.54. The number of aromatic hydroxyl groups is 1. The molecule has 1 aliphatic rings. The molecule has 0 bridgehead atoms. The van der Waals surface area contributed by atoms with Gasteiger partial charge < -0.3 is 25.6 Å². The molecule has 1 aromatic heterocycles. The summed E-state index contributed by atoms with van der Waals surface area (Å²) in [5, 5.41) is 24.9. The van der Waals surface area contributed by atoms with Gasteiger partial charge in [0.1, 0.15) is 17.0 Å². The van der Waals surface area contributed by atoms with Crippen LogP contribution in [-0.2, 0) is 16.0 Å². The molecular weight excluding hydrogens is 374 g/mol. The summed E-state index contributed by atoms with van der Waals surface area (Å²) in [5.74, 6) is -0.887. The van der Waals surface area contributed by atoms with E-state index in [1.54, 1.807) is 6.07 Å². The number of nitrogens with one attached hydrogen (secondary N) is 2. The van der Waals surface area contributed by atoms with E-state index in [0.717, 1.165) is 0 Å². The van der Waals surface area contributed by atoms with Gasteiger partial charge in [0.2, 0.25) is 5.91 Å². The van der Waals surface area contributed by atoms with Crippen LogP contribution in [0.3, 0.4) is 0 Å². The topological polar surface area (TPSA) is 121 Å². The van der Waals surface area contributed by atoms with Gasteiger partial charge in [0.25, 0.3) is 5.91 Å². The SMILES string of the molecule is O=C(Cc1cc(Cl)ccc1O)Nc1ccnc(C(=O)NC2(CO)COC2)c1. The fourth-order valence-corrected chi connectivity index (χ4v) is 2.76. The van der Waals surface area contributed by atoms with Crippen molar-refractivity contribution in [2.75, 3.05) is 25.1 Å². The lowest BCUT2D eigenvalue weighted by molar-refractivity contribution is -0.115. The lowest BCUT2D eigenvalue weighted by Gasteiger charge is -2.40. The van der Waals surface area contributed by atoms with Crippen molar-refractivity contribution in [3.05, 3.63) is 52.8 Å². The highest BCUT2D eigenvalue weighted by molar-refractivity contribution is 6.30. The number of aliphatic hydroxyl groups excluding tert-OH is 1. The second-order valence-electron chi connectivity index (χ2n) is 6.31. The molecule has 0 unspecified atom stereocenters. The van der Waals surface area contributed by atoms with Crippen LogP contribution in [0.2, 0.25) is 5.02 Å². The summed E-state index contributed by atoms with van der Waals surface area (Å²) in [6.45, 7) is 0.224. The van der Waals surface area contributed by atoms with Crippen LogP contribution in [0.25, 0.3) is 0 Å². The monoisotopic (exact) mass is 391 g/mol. The number of aromatic nitrogens is 1. The lowest BCUT2D eigenvalue weighted by atomic mass is 9.98. The minimum Gasteiger partial charge on any atom is -0.508 e. The third-order valence-electron chi connectivity index (χ3n) is 4.11. The average molecular weight is 392 g/mol. The Labute approximate surface area is 160 Å². The molecule has 142 valence electrons. The number of aliphatic hydroxyl groups is 1. The molecule has 9 heteroatoms. The molecule has 1 saturated heterocycles. The number of phenolic OH excluding ortho intramolecular Hbond substituents is 1. The van der Waals surface area contributed by atoms with Gasteiger partial charge in [-0.05, 0) is 30.3 Å². The van der Waals surface area contributed by atoms with Crippen molar-refractivity contribution in [3.63, 3.8) is 0 Å². The Hall–Kier alpha value is -2.68. The van der Waals surface area contributed by atoms with E-state index >= 15 is 0 Å². The highest BCUT2D eigenvalue weighted by Crippen LogP contribution is 2.22. The number of amides is 2. The van der Waals surface area contributed by atoms with E-state index in [1.165, 1.54) is 30.5 Å². The maximum absolute atomic E-state index is 12.3. The number of ether oxygens (including phenoxy) is 1. The van der Waals surface area contributed by atoms with Crippen molar-refractivity contribution in [1.29, 1.82) is 0 Å². The molecule has 2 amide bonds. The Morgan fingerprint density at radius 2 is 2.04 bits per heavy atom. The van der Waals surface area contributed by atoms with Crippen LogP contribution in [0.5, 0.6) is 5.75 Å². The zero-order valence-corrected chi connectivity index (χ0v) is 15.0. The van der Waals surface area contributed by atoms with Crippen LogP contribution < -0.4 is 10.6 Å². The number of nitrogens with zero attached hydrogens (tertiary/aromatic N) is 1. The molecule has 1 fully saturated rings. The molecule has 2 aromatic rings. The van der Waals surface area contributed by atoms with Crippen LogP contribution >= 0.6 is 11.6 Å². The van der Waals surface area contributed by atoms with Crippen molar-refractivity contribution < 1.29 is 24.5 Å². The van der Waals surface area contributed by atoms with Gasteiger partial charge in [0.05, 0.1) is 26.2 Å². The molecule has 0 spiro atoms. The Bertz CT molecular complexity index is 864. The highest BCUT2D eigenvalue weighted by Gasteiger charge is 2.39. The number of pyridine rings is 1. The van der Waals surface area contributed by atoms with E-state index in [9.17, 15) is 19.8 Å². The normalized spacial score (nSPS) is 14.9. The molecule has 1 aliphatic heterocycles. The van der Waals surface area contributed by atoms with E-state index in [0.29, 0.717) is 16.3 Å². The molecule has 0 saturated carbocycles. The molecule has 0 radical (unpaired) electrons. The number of anilines is 1. The first-order valence-corrected chi connectivity index (χ1v) is 8.53. The standard InChI is InChI=1S/C18H18ClN3O5/c19-12-1-2-15(24)11(5-12)6-16(25)21-13-3-4-20-14(7-13)17(26)22-18(8-23)9-27-10-18/h1-5,7,23-24H,6,8-10H2,(H,22,26)(H,20,21,25). The van der Waals surface area contributed by atoms with Crippen molar-refractivity contribution in [3.8, 4) is 5.75 Å². The van der Waals surface area contributed by atoms with E-state index in [2.05, 4.69) is 15.6 Å². The molecule has 27 heavy (non-hydrogen) atoms. The van der Waals surface area contributed by atoms with Crippen molar-refractivity contribution in [1.82, 2.24) is 10.3 Å². The molecule has 8 nitrogen and oxygen atoms in total. The van der Waals surface area contributed by atoms with Crippen LogP contribution in [0.4, 0.5) is 5.69 Å². The highest BCUT2D eigenvalue weighted by atomic mass is 35.5. The Morgan fingerprint density at radius 1 is 1.26 bits per heavy atom. The first-order chi connectivity index (χ1) is 12.9. The van der Waals surface area contributed by atoms with E-state index in [1.807, 2.05) is 0 Å². The maximum atomic E-state index is 12.3. The zero-order chi connectivity index (χ0) is 19.4. The minimum atomic E-state index is -0.790. The maximum Gasteiger partial charge on any atom is 0.270 e. The molecular formula is C18H18ClN3O5. The predicted octanol–water partition coefficient (Wildman–Crippen LogP) is 1.11. The summed E-state index contributed by atoms with van der Waals surface area (Å²) >= 11 is 5.88. The zero-order valence-electron chi connectivity index (χ0n) is 14.2. The number of hydrogen-bond donors (Lipinski definition) is 4. The number of rotatable bonds is 6. The van der Waals surface area contributed by atoms with Gasteiger partial charge in [0.15, 0.2) is 0 Å². The average Bonchev–Trinajstić information content (AvgIpc) is 2.61. The van der Waals surface area contributed by atoms with Gasteiger partial charge in [-0.2, -0.15) is 0 Å². The predicted molar refractivity (Wildman–Crippen MR) is 97.8 cm³/mol. The van der Waals surface area contributed by atoms with Crippen LogP contribution in [0, 0.1) is 0 Å². The van der Waals surface area contributed by atoms with E-state index in [-0.39, 0.29) is 43.6 Å². The summed E-state index contributed by atoms with van der Waals surface area (Å²) in [5.41, 5.74) is 0.0758. The van der Waals surface area contributed by atoms with Crippen LogP contribution in [-0.4, -0.2) is 52.4 Å². The molecule has 2 heterocycles. The fraction of sp³-hybridized carbons (Fsp3) is 0.278. The van der Waals surface area contributed by atoms with E-state index in [4.69, 9.17) is 16.3 Å². The number of phenols is 1. The smallest absolute Gasteiger partial charge is 0.270 e. The number of hydrogen-bond acceptors (Lipinski definition) is 6. The lowest BCUT2D eigenvalue weighted by Crippen LogP contribution is -2.64. The van der Waals surface area contributed by atoms with Gasteiger partial charge in [-0.3, -0.25) is 14.6 Å². The van der Waals surface area contributed by atoms with Gasteiger partial charge >= 0.3 is 0 Å². The summed E-state index contributed by atoms with van der Waals surface area (Å²) in [6, 6.07) is 7.42. The van der Waals surface area contributed by atoms with Crippen molar-refractivity contribution >= 4 is 29.1 Å². The minimum absolute atomic E-state index is 0.0265. The number of carbonyl (C=O) groups excluding carboxylic acids is 2. The summed E-state index contributed by atoms with van der Waals surface area (Å²) in [7, 11) is 0. The van der Waals surface area contributed by atoms with Crippen LogP contribution in [0.1, 0.15) is 16.1 Å². The first-order valence-electron chi connectivity index (χ1n) is 8.15. The largest absolute Gasteiger partial charge is 0.508 e. The summed E-state index contributed by atoms with van der Waals surface area (Å²) in [4.78, 5) is 28.5. The second-order valence-corrected chi connectivity index (χ2v) is 6.75. The van der Waals surface area contributed by atoms with Gasteiger partial charge in [-0.15, -0.1) is 0 Å². The number of halogens is 1. The summed E-state index contributed by atoms with van der Waals surface area (Å²) < 4.78 is 5.03. The van der Waals surface area contributed by atoms with Crippen LogP contribution in [0.15, 0.2) is 36.5 Å². The fourth-order valence-electron chi connectivity index (χ4n) is 2.56. The van der Waals surface area contributed by atoms with E-state index < -0.39 is 11.4 Å². The quantitative estimate of drug-likeness (QED) is 0.585. The second kappa shape index (κ2) is 7.91. The first kappa shape index (κ1) is 19.1. The molecule has 0 aliphatic carbocycles. The van der Waals surface area contributed by atoms with Gasteiger partial charge in [0, 0.05) is 22.5 Å². The summed E-state index contributed by atoms with van der Waals surface area (Å²) in [6.07, 6.45) is 1.31. The number of benzene rings is 1. The van der Waals surface area contributed by atoms with Gasteiger partial charge in [-0.25, -0.2) is 0 Å². The molecule has 0 atom stereocenters. The Morgan fingerprint density at radius 3 is 2.70 bits per heavy atom. The third-order valence-corrected chi connectivity index (χ3v) is 4.34. The molecule has 4 N–H and O–H groups in total.